The number of nitriles is 1. The number of fused-ring (bicyclic) bond motifs is 1. The maximum absolute atomic E-state index is 9.11. The van der Waals surface area contributed by atoms with E-state index in [1.165, 1.54) is 0 Å². The van der Waals surface area contributed by atoms with Gasteiger partial charge in [0.05, 0.1) is 12.0 Å². The molecule has 0 saturated carbocycles. The molecule has 2 heterocycles. The standard InChI is InChI=1S/C14H20N4OS/c1-11-5-6-12-13(9-15)17-18(14(12)16-11)10-19-7-8-20(2,3)4/h5-6H,7-8,10H2,1-4H3. The number of aryl methyl sites for hydroxylation is 1. The quantitative estimate of drug-likeness (QED) is 0.793. The van der Waals surface area contributed by atoms with E-state index in [0.717, 1.165) is 16.8 Å². The lowest BCUT2D eigenvalue weighted by molar-refractivity contribution is 0.0835. The summed E-state index contributed by atoms with van der Waals surface area (Å²) in [7, 11) is -0.550. The Morgan fingerprint density at radius 1 is 1.35 bits per heavy atom. The predicted octanol–water partition coefficient (Wildman–Crippen LogP) is 2.28. The molecule has 0 aliphatic heterocycles. The third-order valence-corrected chi connectivity index (χ3v) is 4.29. The van der Waals surface area contributed by atoms with E-state index in [1.807, 2.05) is 19.1 Å². The van der Waals surface area contributed by atoms with Gasteiger partial charge in [-0.2, -0.15) is 10.4 Å². The highest BCUT2D eigenvalue weighted by Crippen LogP contribution is 2.33. The van der Waals surface area contributed by atoms with Crippen LogP contribution < -0.4 is 0 Å². The molecule has 0 N–H and O–H groups in total. The number of rotatable bonds is 5. The zero-order valence-corrected chi connectivity index (χ0v) is 13.2. The molecule has 6 heteroatoms. The molecule has 0 fully saturated rings. The molecule has 0 radical (unpaired) electrons. The second-order valence-electron chi connectivity index (χ2n) is 5.62. The van der Waals surface area contributed by atoms with Gasteiger partial charge in [0.1, 0.15) is 12.8 Å². The summed E-state index contributed by atoms with van der Waals surface area (Å²) in [4.78, 5) is 4.45. The first-order chi connectivity index (χ1) is 9.40. The van der Waals surface area contributed by atoms with E-state index in [2.05, 4.69) is 34.9 Å². The van der Waals surface area contributed by atoms with Gasteiger partial charge < -0.3 is 4.74 Å². The van der Waals surface area contributed by atoms with Gasteiger partial charge in [0.25, 0.3) is 0 Å². The van der Waals surface area contributed by atoms with E-state index in [4.69, 9.17) is 10.00 Å². The maximum atomic E-state index is 9.11. The summed E-state index contributed by atoms with van der Waals surface area (Å²) in [6, 6.07) is 5.88. The van der Waals surface area contributed by atoms with E-state index in [9.17, 15) is 0 Å². The lowest BCUT2D eigenvalue weighted by atomic mass is 10.2. The van der Waals surface area contributed by atoms with Crippen LogP contribution in [0.4, 0.5) is 0 Å². The van der Waals surface area contributed by atoms with Gasteiger partial charge >= 0.3 is 0 Å². The van der Waals surface area contributed by atoms with Crippen molar-refractivity contribution in [2.45, 2.75) is 13.7 Å². The molecule has 0 saturated heterocycles. The van der Waals surface area contributed by atoms with Crippen LogP contribution in [-0.4, -0.2) is 45.9 Å². The lowest BCUT2D eigenvalue weighted by Gasteiger charge is -2.24. The van der Waals surface area contributed by atoms with Crippen LogP contribution in [0, 0.1) is 18.3 Å². The van der Waals surface area contributed by atoms with Crippen molar-refractivity contribution in [3.8, 4) is 6.07 Å². The molecular formula is C14H20N4OS. The summed E-state index contributed by atoms with van der Waals surface area (Å²) < 4.78 is 7.34. The fourth-order valence-corrected chi connectivity index (χ4v) is 2.40. The minimum Gasteiger partial charge on any atom is -0.358 e. The van der Waals surface area contributed by atoms with Gasteiger partial charge in [-0.05, 0) is 37.8 Å². The van der Waals surface area contributed by atoms with Crippen molar-refractivity contribution in [2.24, 2.45) is 0 Å². The monoisotopic (exact) mass is 292 g/mol. The van der Waals surface area contributed by atoms with E-state index in [-0.39, 0.29) is 0 Å². The molecule has 108 valence electrons. The van der Waals surface area contributed by atoms with Gasteiger partial charge in [0.15, 0.2) is 11.3 Å². The summed E-state index contributed by atoms with van der Waals surface area (Å²) in [5, 5.41) is 14.1. The van der Waals surface area contributed by atoms with Crippen molar-refractivity contribution in [3.05, 3.63) is 23.5 Å². The average molecular weight is 292 g/mol. The maximum Gasteiger partial charge on any atom is 0.172 e. The molecule has 0 unspecified atom stereocenters. The van der Waals surface area contributed by atoms with Crippen LogP contribution in [0.2, 0.25) is 0 Å². The summed E-state index contributed by atoms with van der Waals surface area (Å²) >= 11 is 0. The van der Waals surface area contributed by atoms with Gasteiger partial charge in [-0.3, -0.25) is 0 Å². The number of aromatic nitrogens is 3. The largest absolute Gasteiger partial charge is 0.358 e. The van der Waals surface area contributed by atoms with Crippen LogP contribution in [0.5, 0.6) is 0 Å². The minimum absolute atomic E-state index is 0.337. The molecule has 0 atom stereocenters. The molecule has 20 heavy (non-hydrogen) atoms. The van der Waals surface area contributed by atoms with Crippen molar-refractivity contribution in [1.29, 1.82) is 5.26 Å². The highest BCUT2D eigenvalue weighted by atomic mass is 32.3. The molecule has 5 nitrogen and oxygen atoms in total. The molecular weight excluding hydrogens is 272 g/mol. The van der Waals surface area contributed by atoms with E-state index < -0.39 is 10.0 Å². The third kappa shape index (κ3) is 3.50. The van der Waals surface area contributed by atoms with Crippen molar-refractivity contribution in [1.82, 2.24) is 14.8 Å². The zero-order valence-electron chi connectivity index (χ0n) is 12.4. The van der Waals surface area contributed by atoms with Crippen LogP contribution in [0.3, 0.4) is 0 Å². The van der Waals surface area contributed by atoms with Gasteiger partial charge in [0, 0.05) is 11.4 Å². The molecule has 0 aliphatic rings. The third-order valence-electron chi connectivity index (χ3n) is 2.89. The molecule has 0 spiro atoms. The van der Waals surface area contributed by atoms with E-state index in [0.29, 0.717) is 24.7 Å². The van der Waals surface area contributed by atoms with Crippen LogP contribution in [0.15, 0.2) is 12.1 Å². The highest BCUT2D eigenvalue weighted by Gasteiger charge is 2.12. The van der Waals surface area contributed by atoms with Crippen molar-refractivity contribution in [3.63, 3.8) is 0 Å². The van der Waals surface area contributed by atoms with Crippen molar-refractivity contribution >= 4 is 21.1 Å². The smallest absolute Gasteiger partial charge is 0.172 e. The van der Waals surface area contributed by atoms with Crippen molar-refractivity contribution < 1.29 is 4.74 Å². The van der Waals surface area contributed by atoms with Crippen LogP contribution >= 0.6 is 10.0 Å². The minimum atomic E-state index is -0.550. The summed E-state index contributed by atoms with van der Waals surface area (Å²) in [5.41, 5.74) is 2.02. The normalized spacial score (nSPS) is 12.6. The number of hydrogen-bond donors (Lipinski definition) is 0. The van der Waals surface area contributed by atoms with Crippen molar-refractivity contribution in [2.75, 3.05) is 31.1 Å². The number of nitrogens with zero attached hydrogens (tertiary/aromatic N) is 4. The molecule has 0 amide bonds. The van der Waals surface area contributed by atoms with Gasteiger partial charge in [-0.15, -0.1) is 0 Å². The topological polar surface area (TPSA) is 63.7 Å². The molecule has 2 rings (SSSR count). The Bertz CT molecular complexity index is 651. The summed E-state index contributed by atoms with van der Waals surface area (Å²) in [6.07, 6.45) is 6.79. The van der Waals surface area contributed by atoms with Gasteiger partial charge in [-0.1, -0.05) is 0 Å². The predicted molar refractivity (Wildman–Crippen MR) is 83.2 cm³/mol. The van der Waals surface area contributed by atoms with Crippen LogP contribution in [-0.2, 0) is 11.5 Å². The van der Waals surface area contributed by atoms with E-state index in [1.54, 1.807) is 4.68 Å². The SMILES string of the molecule is Cc1ccc2c(C#N)nn(COCCS(C)(C)C)c2n1. The fraction of sp³-hybridized carbons (Fsp3) is 0.500. The Morgan fingerprint density at radius 2 is 2.10 bits per heavy atom. The fourth-order valence-electron chi connectivity index (χ4n) is 1.78. The molecule has 2 aromatic heterocycles. The molecule has 0 aromatic carbocycles. The Balaban J connectivity index is 2.14. The second-order valence-corrected chi connectivity index (χ2v) is 10.2. The first-order valence-corrected chi connectivity index (χ1v) is 9.41. The van der Waals surface area contributed by atoms with Crippen LogP contribution in [0.25, 0.3) is 11.0 Å². The first-order valence-electron chi connectivity index (χ1n) is 6.39. The molecule has 2 aromatic rings. The molecule has 0 bridgehead atoms. The lowest BCUT2D eigenvalue weighted by Crippen LogP contribution is -2.11. The number of hydrogen-bond acceptors (Lipinski definition) is 4. The van der Waals surface area contributed by atoms with Crippen LogP contribution in [0.1, 0.15) is 11.4 Å². The number of pyridine rings is 1. The Labute approximate surface area is 120 Å². The average Bonchev–Trinajstić information content (AvgIpc) is 2.71. The first kappa shape index (κ1) is 14.8. The second kappa shape index (κ2) is 5.81. The van der Waals surface area contributed by atoms with Gasteiger partial charge in [-0.25, -0.2) is 19.7 Å². The Hall–Kier alpha value is -1.58. The molecule has 0 aliphatic carbocycles. The summed E-state index contributed by atoms with van der Waals surface area (Å²) in [5.74, 6) is 1.06. The Morgan fingerprint density at radius 3 is 2.75 bits per heavy atom. The van der Waals surface area contributed by atoms with Gasteiger partial charge in [0.2, 0.25) is 0 Å². The van der Waals surface area contributed by atoms with E-state index >= 15 is 0 Å². The number of ether oxygens (including phenoxy) is 1. The zero-order chi connectivity index (χ0) is 14.8. The summed E-state index contributed by atoms with van der Waals surface area (Å²) in [6.45, 7) is 2.96. The Kier molecular flexibility index (Phi) is 4.31. The highest BCUT2D eigenvalue weighted by molar-refractivity contribution is 8.32.